The number of rotatable bonds is 1. The number of fused-ring (bicyclic) bond motifs is 1. The van der Waals surface area contributed by atoms with Gasteiger partial charge in [-0.2, -0.15) is 0 Å². The monoisotopic (exact) mass is 215 g/mol. The molecule has 1 N–H and O–H groups in total. The third kappa shape index (κ3) is 1.52. The van der Waals surface area contributed by atoms with Crippen LogP contribution in [0.5, 0.6) is 0 Å². The summed E-state index contributed by atoms with van der Waals surface area (Å²) in [6.07, 6.45) is 6.54. The smallest absolute Gasteiger partial charge is 0.116 e. The van der Waals surface area contributed by atoms with Crippen LogP contribution in [0.25, 0.3) is 5.52 Å². The number of pyridine rings is 1. The Morgan fingerprint density at radius 3 is 3.00 bits per heavy atom. The number of piperidine rings is 1. The van der Waals surface area contributed by atoms with Crippen LogP contribution in [0.2, 0.25) is 0 Å². The largest absolute Gasteiger partial charge is 0.317 e. The first kappa shape index (κ1) is 9.85. The summed E-state index contributed by atoms with van der Waals surface area (Å²) in [6, 6.07) is 4.25. The highest BCUT2D eigenvalue weighted by Crippen LogP contribution is 2.25. The maximum absolute atomic E-state index is 4.62. The molecule has 0 spiro atoms. The van der Waals surface area contributed by atoms with Gasteiger partial charge >= 0.3 is 0 Å². The van der Waals surface area contributed by atoms with E-state index >= 15 is 0 Å². The molecule has 0 amide bonds. The molecule has 16 heavy (non-hydrogen) atoms. The van der Waals surface area contributed by atoms with Crippen LogP contribution in [0.1, 0.15) is 30.1 Å². The Morgan fingerprint density at radius 2 is 2.19 bits per heavy atom. The minimum atomic E-state index is 0.616. The summed E-state index contributed by atoms with van der Waals surface area (Å²) in [5, 5.41) is 3.40. The van der Waals surface area contributed by atoms with Crippen molar-refractivity contribution in [3.8, 4) is 0 Å². The van der Waals surface area contributed by atoms with Gasteiger partial charge in [0.05, 0.1) is 11.7 Å². The summed E-state index contributed by atoms with van der Waals surface area (Å²) >= 11 is 0. The number of aryl methyl sites for hydroxylation is 1. The van der Waals surface area contributed by atoms with Gasteiger partial charge in [-0.3, -0.25) is 0 Å². The van der Waals surface area contributed by atoms with Crippen molar-refractivity contribution in [2.75, 3.05) is 13.1 Å². The van der Waals surface area contributed by atoms with Crippen LogP contribution in [-0.2, 0) is 0 Å². The topological polar surface area (TPSA) is 29.3 Å². The van der Waals surface area contributed by atoms with Crippen molar-refractivity contribution >= 4 is 5.52 Å². The van der Waals surface area contributed by atoms with E-state index in [-0.39, 0.29) is 0 Å². The van der Waals surface area contributed by atoms with Gasteiger partial charge in [-0.15, -0.1) is 0 Å². The molecular weight excluding hydrogens is 198 g/mol. The van der Waals surface area contributed by atoms with Crippen LogP contribution < -0.4 is 5.32 Å². The molecule has 84 valence electrons. The second-order valence-electron chi connectivity index (χ2n) is 4.59. The number of aromatic nitrogens is 2. The van der Waals surface area contributed by atoms with Crippen LogP contribution in [0, 0.1) is 6.92 Å². The predicted molar refractivity (Wildman–Crippen MR) is 64.8 cm³/mol. The minimum absolute atomic E-state index is 0.616. The van der Waals surface area contributed by atoms with Crippen molar-refractivity contribution in [1.29, 1.82) is 0 Å². The first-order chi connectivity index (χ1) is 7.86. The highest BCUT2D eigenvalue weighted by molar-refractivity contribution is 5.53. The molecule has 3 rings (SSSR count). The van der Waals surface area contributed by atoms with E-state index < -0.39 is 0 Å². The van der Waals surface area contributed by atoms with Gasteiger partial charge in [0, 0.05) is 12.1 Å². The van der Waals surface area contributed by atoms with Crippen molar-refractivity contribution in [1.82, 2.24) is 14.7 Å². The molecule has 0 saturated carbocycles. The molecular formula is C13H17N3. The third-order valence-electron chi connectivity index (χ3n) is 3.52. The number of nitrogens with zero attached hydrogens (tertiary/aromatic N) is 2. The molecule has 0 aliphatic carbocycles. The van der Waals surface area contributed by atoms with E-state index in [0.29, 0.717) is 5.92 Å². The van der Waals surface area contributed by atoms with Crippen molar-refractivity contribution in [2.45, 2.75) is 25.7 Å². The van der Waals surface area contributed by atoms with Crippen LogP contribution in [0.3, 0.4) is 0 Å². The first-order valence-corrected chi connectivity index (χ1v) is 5.99. The summed E-state index contributed by atoms with van der Waals surface area (Å²) in [5.74, 6) is 1.85. The quantitative estimate of drug-likeness (QED) is 0.789. The molecule has 1 aliphatic rings. The van der Waals surface area contributed by atoms with Gasteiger partial charge in [0.2, 0.25) is 0 Å². The van der Waals surface area contributed by atoms with E-state index in [9.17, 15) is 0 Å². The summed E-state index contributed by atoms with van der Waals surface area (Å²) in [5.41, 5.74) is 2.55. The Balaban J connectivity index is 2.06. The molecule has 2 aromatic heterocycles. The van der Waals surface area contributed by atoms with Crippen LogP contribution in [0.4, 0.5) is 0 Å². The maximum Gasteiger partial charge on any atom is 0.116 e. The lowest BCUT2D eigenvalue weighted by molar-refractivity contribution is 0.444. The zero-order valence-corrected chi connectivity index (χ0v) is 9.61. The summed E-state index contributed by atoms with van der Waals surface area (Å²) in [4.78, 5) is 4.62. The van der Waals surface area contributed by atoms with Gasteiger partial charge < -0.3 is 9.72 Å². The lowest BCUT2D eigenvalue weighted by Gasteiger charge is -2.21. The Hall–Kier alpha value is -1.35. The fourth-order valence-corrected chi connectivity index (χ4v) is 2.56. The van der Waals surface area contributed by atoms with E-state index in [1.54, 1.807) is 0 Å². The van der Waals surface area contributed by atoms with Crippen molar-refractivity contribution in [3.05, 3.63) is 35.9 Å². The van der Waals surface area contributed by atoms with Crippen LogP contribution in [-0.4, -0.2) is 22.5 Å². The third-order valence-corrected chi connectivity index (χ3v) is 3.52. The standard InChI is InChI=1S/C13H17N3/c1-10-3-2-8-16-12(10)9-15-13(16)11-4-6-14-7-5-11/h2-3,8-9,11,14H,4-7H2,1H3. The SMILES string of the molecule is Cc1cccn2c(C3CCNCC3)ncc12. The molecule has 3 heterocycles. The van der Waals surface area contributed by atoms with E-state index in [1.807, 2.05) is 6.20 Å². The Morgan fingerprint density at radius 1 is 1.38 bits per heavy atom. The first-order valence-electron chi connectivity index (χ1n) is 5.99. The Labute approximate surface area is 95.5 Å². The second-order valence-corrected chi connectivity index (χ2v) is 4.59. The van der Waals surface area contributed by atoms with Crippen LogP contribution in [0.15, 0.2) is 24.5 Å². The molecule has 1 fully saturated rings. The predicted octanol–water partition coefficient (Wildman–Crippen LogP) is 2.11. The molecule has 1 aliphatic heterocycles. The second kappa shape index (κ2) is 3.91. The fraction of sp³-hybridized carbons (Fsp3) is 0.462. The average molecular weight is 215 g/mol. The van der Waals surface area contributed by atoms with Gasteiger partial charge in [0.1, 0.15) is 5.82 Å². The molecule has 0 bridgehead atoms. The lowest BCUT2D eigenvalue weighted by atomic mass is 9.97. The summed E-state index contributed by atoms with van der Waals surface area (Å²) in [6.45, 7) is 4.38. The van der Waals surface area contributed by atoms with E-state index in [0.717, 1.165) is 13.1 Å². The molecule has 3 nitrogen and oxygen atoms in total. The van der Waals surface area contributed by atoms with Crippen molar-refractivity contribution in [3.63, 3.8) is 0 Å². The van der Waals surface area contributed by atoms with Crippen molar-refractivity contribution in [2.24, 2.45) is 0 Å². The van der Waals surface area contributed by atoms with Gasteiger partial charge in [-0.25, -0.2) is 4.98 Å². The zero-order valence-electron chi connectivity index (χ0n) is 9.61. The average Bonchev–Trinajstić information content (AvgIpc) is 2.75. The summed E-state index contributed by atoms with van der Waals surface area (Å²) in [7, 11) is 0. The normalized spacial score (nSPS) is 18.1. The minimum Gasteiger partial charge on any atom is -0.317 e. The molecule has 3 heteroatoms. The van der Waals surface area contributed by atoms with E-state index in [1.165, 1.54) is 29.7 Å². The number of hydrogen-bond acceptors (Lipinski definition) is 2. The highest BCUT2D eigenvalue weighted by atomic mass is 15.0. The Kier molecular flexibility index (Phi) is 2.40. The van der Waals surface area contributed by atoms with E-state index in [2.05, 4.69) is 40.0 Å². The maximum atomic E-state index is 4.62. The molecule has 0 atom stereocenters. The van der Waals surface area contributed by atoms with Gasteiger partial charge in [0.15, 0.2) is 0 Å². The zero-order chi connectivity index (χ0) is 11.0. The van der Waals surface area contributed by atoms with Gasteiger partial charge in [0.25, 0.3) is 0 Å². The number of nitrogens with one attached hydrogen (secondary N) is 1. The van der Waals surface area contributed by atoms with Gasteiger partial charge in [-0.05, 0) is 44.5 Å². The molecule has 1 saturated heterocycles. The summed E-state index contributed by atoms with van der Waals surface area (Å²) < 4.78 is 2.26. The Bertz CT molecular complexity index is 495. The molecule has 0 radical (unpaired) electrons. The number of hydrogen-bond donors (Lipinski definition) is 1. The van der Waals surface area contributed by atoms with Crippen LogP contribution >= 0.6 is 0 Å². The molecule has 0 unspecified atom stereocenters. The molecule has 2 aromatic rings. The van der Waals surface area contributed by atoms with Gasteiger partial charge in [-0.1, -0.05) is 6.07 Å². The van der Waals surface area contributed by atoms with E-state index in [4.69, 9.17) is 0 Å². The fourth-order valence-electron chi connectivity index (χ4n) is 2.56. The molecule has 0 aromatic carbocycles. The lowest BCUT2D eigenvalue weighted by Crippen LogP contribution is -2.27. The van der Waals surface area contributed by atoms with Crippen molar-refractivity contribution < 1.29 is 0 Å². The highest BCUT2D eigenvalue weighted by Gasteiger charge is 2.19. The number of imidazole rings is 1.